The van der Waals surface area contributed by atoms with Crippen molar-refractivity contribution >= 4 is 59.0 Å². The molecule has 1 saturated heterocycles. The van der Waals surface area contributed by atoms with Crippen LogP contribution in [0.1, 0.15) is 29.0 Å². The Kier molecular flexibility index (Phi) is 6.68. The topological polar surface area (TPSA) is 47.3 Å². The zero-order valence-electron chi connectivity index (χ0n) is 27.0. The normalized spacial score (nSPS) is 17.3. The molecule has 0 amide bonds. The molecule has 1 N–H and O–H groups in total. The average molecular weight is 659 g/mol. The second-order valence-corrected chi connectivity index (χ2v) is 14.0. The molecule has 4 nitrogen and oxygen atoms in total. The maximum absolute atomic E-state index is 9.80. The summed E-state index contributed by atoms with van der Waals surface area (Å²) in [6, 6.07) is 60.7. The lowest BCUT2D eigenvalue weighted by atomic mass is 10.00. The lowest BCUT2D eigenvalue weighted by Gasteiger charge is -2.58. The van der Waals surface area contributed by atoms with Crippen LogP contribution in [0.4, 0.5) is 5.69 Å². The monoisotopic (exact) mass is 658 g/mol. The number of nitriles is 1. The van der Waals surface area contributed by atoms with E-state index in [1.165, 1.54) is 53.0 Å². The van der Waals surface area contributed by atoms with Crippen molar-refractivity contribution in [2.24, 2.45) is 0 Å². The van der Waals surface area contributed by atoms with Crippen LogP contribution in [0.2, 0.25) is 0 Å². The summed E-state index contributed by atoms with van der Waals surface area (Å²) >= 11 is 1.86. The molecular weight excluding hydrogens is 629 g/mol. The fourth-order valence-corrected chi connectivity index (χ4v) is 9.05. The largest absolute Gasteiger partial charge is 0.548 e. The third kappa shape index (κ3) is 4.51. The number of quaternary nitrogens is 1. The Hall–Kier alpha value is -6.03. The summed E-state index contributed by atoms with van der Waals surface area (Å²) in [6.07, 6.45) is 0.0631. The lowest BCUT2D eigenvalue weighted by Crippen LogP contribution is -3.13. The highest BCUT2D eigenvalue weighted by Gasteiger charge is 2.34. The van der Waals surface area contributed by atoms with Crippen LogP contribution in [0.5, 0.6) is 0 Å². The van der Waals surface area contributed by atoms with Gasteiger partial charge in [-0.25, -0.2) is 0 Å². The van der Waals surface area contributed by atoms with Gasteiger partial charge in [0.05, 0.1) is 22.7 Å². The molecule has 0 bridgehead atoms. The minimum absolute atomic E-state index is 0.0315. The van der Waals surface area contributed by atoms with Gasteiger partial charge in [-0.3, -0.25) is 0 Å². The van der Waals surface area contributed by atoms with E-state index in [2.05, 4.69) is 162 Å². The van der Waals surface area contributed by atoms with Crippen LogP contribution in [0.3, 0.4) is 0 Å². The summed E-state index contributed by atoms with van der Waals surface area (Å²) in [7, 11) is 0. The van der Waals surface area contributed by atoms with Gasteiger partial charge in [-0.1, -0.05) is 109 Å². The second kappa shape index (κ2) is 11.5. The predicted octanol–water partition coefficient (Wildman–Crippen LogP) is 11.0. The summed E-state index contributed by atoms with van der Waals surface area (Å²) in [4.78, 5) is 1.33. The molecule has 0 aliphatic carbocycles. The fourth-order valence-electron chi connectivity index (χ4n) is 7.81. The van der Waals surface area contributed by atoms with Crippen LogP contribution >= 0.6 is 11.3 Å². The van der Waals surface area contributed by atoms with Gasteiger partial charge in [-0.15, -0.1) is 11.3 Å². The molecule has 2 atom stereocenters. The zero-order valence-corrected chi connectivity index (χ0v) is 27.8. The van der Waals surface area contributed by atoms with Crippen LogP contribution in [0.25, 0.3) is 64.1 Å². The van der Waals surface area contributed by atoms with E-state index in [0.29, 0.717) is 5.56 Å². The van der Waals surface area contributed by atoms with Gasteiger partial charge in [0.2, 0.25) is 0 Å². The number of fused-ring (bicyclic) bond motifs is 6. The molecule has 9 aromatic rings. The maximum atomic E-state index is 9.80. The fraction of sp³-hybridized carbons (Fsp3) is 0.0444. The van der Waals surface area contributed by atoms with Gasteiger partial charge in [0, 0.05) is 61.1 Å². The molecule has 5 heteroatoms. The highest BCUT2D eigenvalue weighted by atomic mass is 32.1. The molecule has 236 valence electrons. The molecule has 10 rings (SSSR count). The maximum Gasteiger partial charge on any atom is 0.129 e. The first-order valence-electron chi connectivity index (χ1n) is 16.9. The van der Waals surface area contributed by atoms with Crippen molar-refractivity contribution in [1.29, 1.82) is 5.26 Å². The molecular formula is C45H30N4S. The van der Waals surface area contributed by atoms with E-state index in [9.17, 15) is 5.26 Å². The van der Waals surface area contributed by atoms with Crippen molar-refractivity contribution in [2.75, 3.05) is 0 Å². The lowest BCUT2D eigenvalue weighted by molar-refractivity contribution is -0.927. The molecule has 7 aromatic carbocycles. The Bertz CT molecular complexity index is 2710. The number of hydrogen-bond donors (Lipinski definition) is 1. The molecule has 2 aromatic heterocycles. The molecule has 3 heterocycles. The van der Waals surface area contributed by atoms with Gasteiger partial charge < -0.3 is 14.8 Å². The Morgan fingerprint density at radius 3 is 2.02 bits per heavy atom. The number of hydrogen-bond acceptors (Lipinski definition) is 2. The summed E-state index contributed by atoms with van der Waals surface area (Å²) in [5, 5.41) is 19.8. The number of aromatic nitrogens is 1. The quantitative estimate of drug-likeness (QED) is 0.197. The van der Waals surface area contributed by atoms with Crippen molar-refractivity contribution in [3.8, 4) is 22.9 Å². The SMILES string of the molecule is N#Cc1ccc2c(c1)c1ccc(-c3cccc4c3sc3ccccc34)cc1n2-c1ccc([NH+]2C(c3ccccc3)[N-]C2c2ccccc2)cc1. The minimum atomic E-state index is 0.0315. The van der Waals surface area contributed by atoms with E-state index in [0.717, 1.165) is 27.5 Å². The van der Waals surface area contributed by atoms with E-state index in [1.807, 2.05) is 23.5 Å². The number of rotatable bonds is 5. The van der Waals surface area contributed by atoms with Gasteiger partial charge in [-0.2, -0.15) is 5.26 Å². The molecule has 1 aliphatic heterocycles. The molecule has 1 aliphatic rings. The Morgan fingerprint density at radius 2 is 1.28 bits per heavy atom. The van der Waals surface area contributed by atoms with Crippen molar-refractivity contribution < 1.29 is 4.90 Å². The van der Waals surface area contributed by atoms with Crippen LogP contribution in [0.15, 0.2) is 164 Å². The van der Waals surface area contributed by atoms with Crippen molar-refractivity contribution in [1.82, 2.24) is 4.57 Å². The smallest absolute Gasteiger partial charge is 0.129 e. The van der Waals surface area contributed by atoms with Gasteiger partial charge >= 0.3 is 0 Å². The molecule has 0 saturated carbocycles. The van der Waals surface area contributed by atoms with Crippen LogP contribution in [-0.4, -0.2) is 4.57 Å². The molecule has 50 heavy (non-hydrogen) atoms. The van der Waals surface area contributed by atoms with Gasteiger partial charge in [-0.05, 0) is 64.7 Å². The molecule has 1 fully saturated rings. The van der Waals surface area contributed by atoms with E-state index in [4.69, 9.17) is 5.32 Å². The molecule has 2 unspecified atom stereocenters. The number of thiophene rings is 1. The van der Waals surface area contributed by atoms with Crippen molar-refractivity contribution in [3.05, 3.63) is 186 Å². The zero-order chi connectivity index (χ0) is 33.2. The number of benzene rings is 7. The van der Waals surface area contributed by atoms with Gasteiger partial charge in [0.1, 0.15) is 5.69 Å². The highest BCUT2D eigenvalue weighted by Crippen LogP contribution is 2.42. The van der Waals surface area contributed by atoms with Gasteiger partial charge in [0.15, 0.2) is 0 Å². The van der Waals surface area contributed by atoms with Crippen LogP contribution in [-0.2, 0) is 0 Å². The third-order valence-electron chi connectivity index (χ3n) is 10.2. The van der Waals surface area contributed by atoms with Gasteiger partial charge in [0.25, 0.3) is 0 Å². The minimum Gasteiger partial charge on any atom is -0.548 e. The van der Waals surface area contributed by atoms with Crippen molar-refractivity contribution in [2.45, 2.75) is 12.3 Å². The first-order chi connectivity index (χ1) is 24.7. The molecule has 0 spiro atoms. The Balaban J connectivity index is 1.12. The Labute approximate surface area is 293 Å². The highest BCUT2D eigenvalue weighted by molar-refractivity contribution is 7.26. The summed E-state index contributed by atoms with van der Waals surface area (Å²) < 4.78 is 4.95. The van der Waals surface area contributed by atoms with Crippen LogP contribution < -0.4 is 4.90 Å². The van der Waals surface area contributed by atoms with E-state index in [1.54, 1.807) is 0 Å². The number of nitrogens with one attached hydrogen (secondary N) is 1. The third-order valence-corrected chi connectivity index (χ3v) is 11.4. The predicted molar refractivity (Wildman–Crippen MR) is 206 cm³/mol. The summed E-state index contributed by atoms with van der Waals surface area (Å²) in [5.41, 5.74) is 10.0. The summed E-state index contributed by atoms with van der Waals surface area (Å²) in [6.45, 7) is 0. The first-order valence-corrected chi connectivity index (χ1v) is 17.7. The van der Waals surface area contributed by atoms with E-state index >= 15 is 0 Å². The van der Waals surface area contributed by atoms with E-state index in [-0.39, 0.29) is 12.3 Å². The van der Waals surface area contributed by atoms with E-state index < -0.39 is 0 Å². The average Bonchev–Trinajstić information content (AvgIpc) is 3.71. The second-order valence-electron chi connectivity index (χ2n) is 13.0. The standard InChI is InChI=1S/C45H29N4S/c46-28-29-18-25-40-39(26-29)36-24-19-32(35-15-9-16-38-37-14-7-8-17-42(37)50-43(35)38)27-41(36)48(40)33-20-22-34(23-21-33)49-44(30-10-3-1-4-11-30)47-45(49)31-12-5-2-6-13-31/h1-27,44-45H/q-1/p+1. The number of nitrogens with zero attached hydrogens (tertiary/aromatic N) is 3. The van der Waals surface area contributed by atoms with Crippen molar-refractivity contribution in [3.63, 3.8) is 0 Å². The van der Waals surface area contributed by atoms with Crippen LogP contribution in [0, 0.1) is 11.3 Å². The summed E-state index contributed by atoms with van der Waals surface area (Å²) in [5.74, 6) is 0. The molecule has 0 radical (unpaired) electrons. The first kappa shape index (κ1) is 28.9. The Morgan fingerprint density at radius 1 is 0.580 bits per heavy atom.